The van der Waals surface area contributed by atoms with Gasteiger partial charge in [-0.3, -0.25) is 14.6 Å². The predicted molar refractivity (Wildman–Crippen MR) is 116 cm³/mol. The first-order valence-electron chi connectivity index (χ1n) is 9.32. The fourth-order valence-corrected chi connectivity index (χ4v) is 3.38. The molecule has 0 saturated carbocycles. The summed E-state index contributed by atoms with van der Waals surface area (Å²) in [5.41, 5.74) is 3.31. The molecule has 0 saturated heterocycles. The van der Waals surface area contributed by atoms with Crippen LogP contribution in [0, 0.1) is 0 Å². The van der Waals surface area contributed by atoms with Crippen molar-refractivity contribution in [2.45, 2.75) is 39.2 Å². The monoisotopic (exact) mass is 408 g/mol. The molecule has 0 aliphatic rings. The number of benzene rings is 1. The summed E-state index contributed by atoms with van der Waals surface area (Å²) < 4.78 is 0. The number of hydrogen-bond acceptors (Lipinski definition) is 5. The molecule has 2 aromatic heterocycles. The Morgan fingerprint density at radius 1 is 1.10 bits per heavy atom. The average molecular weight is 409 g/mol. The van der Waals surface area contributed by atoms with E-state index in [1.54, 1.807) is 31.5 Å². The number of thiazole rings is 1. The van der Waals surface area contributed by atoms with Crippen molar-refractivity contribution >= 4 is 28.3 Å². The van der Waals surface area contributed by atoms with Gasteiger partial charge in [0.05, 0.1) is 5.69 Å². The van der Waals surface area contributed by atoms with E-state index in [1.807, 2.05) is 29.6 Å². The van der Waals surface area contributed by atoms with Gasteiger partial charge in [0.15, 0.2) is 5.13 Å². The van der Waals surface area contributed by atoms with Crippen molar-refractivity contribution in [2.24, 2.45) is 0 Å². The number of carbonyl (C=O) groups excluding carboxylic acids is 2. The third kappa shape index (κ3) is 5.26. The van der Waals surface area contributed by atoms with Gasteiger partial charge in [0.1, 0.15) is 6.04 Å². The molecule has 29 heavy (non-hydrogen) atoms. The highest BCUT2D eigenvalue weighted by Gasteiger charge is 2.19. The topological polar surface area (TPSA) is 84.0 Å². The van der Waals surface area contributed by atoms with Gasteiger partial charge in [-0.25, -0.2) is 4.98 Å². The fourth-order valence-electron chi connectivity index (χ4n) is 2.66. The summed E-state index contributed by atoms with van der Waals surface area (Å²) in [4.78, 5) is 33.4. The quantitative estimate of drug-likeness (QED) is 0.661. The molecular weight excluding hydrogens is 384 g/mol. The number of rotatable bonds is 5. The van der Waals surface area contributed by atoms with Crippen LogP contribution in [-0.4, -0.2) is 27.8 Å². The van der Waals surface area contributed by atoms with E-state index in [0.29, 0.717) is 10.7 Å². The average Bonchev–Trinajstić information content (AvgIpc) is 3.16. The maximum Gasteiger partial charge on any atom is 0.251 e. The SMILES string of the molecule is C[C@H](NC(=O)c1ccc(C(C)(C)C)cc1)C(=O)Nc1nc(-c2cccnc2)cs1. The summed E-state index contributed by atoms with van der Waals surface area (Å²) in [6.45, 7) is 8.00. The number of nitrogens with one attached hydrogen (secondary N) is 2. The van der Waals surface area contributed by atoms with E-state index in [9.17, 15) is 9.59 Å². The Hall–Kier alpha value is -3.06. The molecule has 1 aromatic carbocycles. The standard InChI is InChI=1S/C22H24N4O2S/c1-14(24-20(28)15-7-9-17(10-8-15)22(2,3)4)19(27)26-21-25-18(13-29-21)16-6-5-11-23-12-16/h5-14H,1-4H3,(H,24,28)(H,25,26,27)/t14-/m0/s1. The number of nitrogens with zero attached hydrogens (tertiary/aromatic N) is 2. The van der Waals surface area contributed by atoms with Crippen LogP contribution >= 0.6 is 11.3 Å². The lowest BCUT2D eigenvalue weighted by Gasteiger charge is -2.19. The minimum atomic E-state index is -0.699. The summed E-state index contributed by atoms with van der Waals surface area (Å²) in [5, 5.41) is 7.81. The number of pyridine rings is 1. The number of amides is 2. The van der Waals surface area contributed by atoms with Gasteiger partial charge in [-0.05, 0) is 42.2 Å². The third-order valence-corrected chi connectivity index (χ3v) is 5.20. The molecule has 0 aliphatic heterocycles. The van der Waals surface area contributed by atoms with Crippen molar-refractivity contribution in [3.05, 3.63) is 65.3 Å². The Bertz CT molecular complexity index is 992. The molecule has 150 valence electrons. The minimum Gasteiger partial charge on any atom is -0.341 e. The molecule has 2 amide bonds. The molecule has 0 radical (unpaired) electrons. The molecule has 0 bridgehead atoms. The number of carbonyl (C=O) groups is 2. The molecule has 3 rings (SSSR count). The Kier molecular flexibility index (Phi) is 6.08. The van der Waals surface area contributed by atoms with Crippen molar-refractivity contribution in [1.82, 2.24) is 15.3 Å². The third-order valence-electron chi connectivity index (χ3n) is 4.45. The molecule has 3 aromatic rings. The second-order valence-corrected chi connectivity index (χ2v) is 8.65. The zero-order chi connectivity index (χ0) is 21.0. The Balaban J connectivity index is 1.59. The summed E-state index contributed by atoms with van der Waals surface area (Å²) in [6.07, 6.45) is 3.41. The first kappa shape index (κ1) is 20.7. The highest BCUT2D eigenvalue weighted by Crippen LogP contribution is 2.24. The number of aromatic nitrogens is 2. The summed E-state index contributed by atoms with van der Waals surface area (Å²) in [7, 11) is 0. The van der Waals surface area contributed by atoms with E-state index in [4.69, 9.17) is 0 Å². The second kappa shape index (κ2) is 8.53. The minimum absolute atomic E-state index is 0.0184. The number of anilines is 1. The van der Waals surface area contributed by atoms with Crippen LogP contribution < -0.4 is 10.6 Å². The highest BCUT2D eigenvalue weighted by atomic mass is 32.1. The van der Waals surface area contributed by atoms with Gasteiger partial charge in [0.25, 0.3) is 5.91 Å². The summed E-state index contributed by atoms with van der Waals surface area (Å²) >= 11 is 1.33. The summed E-state index contributed by atoms with van der Waals surface area (Å²) in [6, 6.07) is 10.5. The van der Waals surface area contributed by atoms with Crippen LogP contribution in [0.2, 0.25) is 0 Å². The van der Waals surface area contributed by atoms with Crippen molar-refractivity contribution < 1.29 is 9.59 Å². The van der Waals surface area contributed by atoms with Crippen LogP contribution in [-0.2, 0) is 10.2 Å². The van der Waals surface area contributed by atoms with Gasteiger partial charge in [-0.2, -0.15) is 0 Å². The first-order chi connectivity index (χ1) is 13.7. The Morgan fingerprint density at radius 2 is 1.83 bits per heavy atom. The molecule has 2 N–H and O–H groups in total. The van der Waals surface area contributed by atoms with Crippen molar-refractivity contribution in [2.75, 3.05) is 5.32 Å². The normalized spacial score (nSPS) is 12.3. The zero-order valence-corrected chi connectivity index (χ0v) is 17.7. The molecule has 0 unspecified atom stereocenters. The summed E-state index contributed by atoms with van der Waals surface area (Å²) in [5.74, 6) is -0.611. The van der Waals surface area contributed by atoms with Crippen molar-refractivity contribution in [1.29, 1.82) is 0 Å². The van der Waals surface area contributed by atoms with Gasteiger partial charge in [0, 0.05) is 28.9 Å². The molecule has 0 spiro atoms. The van der Waals surface area contributed by atoms with Crippen LogP contribution in [0.1, 0.15) is 43.6 Å². The van der Waals surface area contributed by atoms with Gasteiger partial charge in [-0.1, -0.05) is 32.9 Å². The molecule has 0 aliphatic carbocycles. The van der Waals surface area contributed by atoms with Crippen LogP contribution in [0.4, 0.5) is 5.13 Å². The lowest BCUT2D eigenvalue weighted by Crippen LogP contribution is -2.41. The van der Waals surface area contributed by atoms with Gasteiger partial charge < -0.3 is 10.6 Å². The van der Waals surface area contributed by atoms with E-state index >= 15 is 0 Å². The zero-order valence-electron chi connectivity index (χ0n) is 16.9. The van der Waals surface area contributed by atoms with Crippen molar-refractivity contribution in [3.8, 4) is 11.3 Å². The van der Waals surface area contributed by atoms with E-state index in [2.05, 4.69) is 41.4 Å². The van der Waals surface area contributed by atoms with E-state index < -0.39 is 6.04 Å². The molecule has 2 heterocycles. The maximum absolute atomic E-state index is 12.5. The molecule has 1 atom stereocenters. The number of hydrogen-bond donors (Lipinski definition) is 2. The molecule has 7 heteroatoms. The smallest absolute Gasteiger partial charge is 0.251 e. The Morgan fingerprint density at radius 3 is 2.45 bits per heavy atom. The second-order valence-electron chi connectivity index (χ2n) is 7.79. The predicted octanol–water partition coefficient (Wildman–Crippen LogP) is 4.26. The molecule has 6 nitrogen and oxygen atoms in total. The van der Waals surface area contributed by atoms with Crippen LogP contribution in [0.3, 0.4) is 0 Å². The lowest BCUT2D eigenvalue weighted by molar-refractivity contribution is -0.117. The van der Waals surface area contributed by atoms with E-state index in [1.165, 1.54) is 11.3 Å². The Labute approximate surface area is 174 Å². The van der Waals surface area contributed by atoms with Crippen LogP contribution in [0.15, 0.2) is 54.2 Å². The fraction of sp³-hybridized carbons (Fsp3) is 0.273. The van der Waals surface area contributed by atoms with Gasteiger partial charge in [-0.15, -0.1) is 11.3 Å². The maximum atomic E-state index is 12.5. The van der Waals surface area contributed by atoms with E-state index in [-0.39, 0.29) is 17.2 Å². The van der Waals surface area contributed by atoms with Crippen LogP contribution in [0.25, 0.3) is 11.3 Å². The van der Waals surface area contributed by atoms with Crippen LogP contribution in [0.5, 0.6) is 0 Å². The van der Waals surface area contributed by atoms with E-state index in [0.717, 1.165) is 16.8 Å². The molecular formula is C22H24N4O2S. The van der Waals surface area contributed by atoms with Crippen molar-refractivity contribution in [3.63, 3.8) is 0 Å². The van der Waals surface area contributed by atoms with Gasteiger partial charge in [0.2, 0.25) is 5.91 Å². The lowest BCUT2D eigenvalue weighted by atomic mass is 9.86. The van der Waals surface area contributed by atoms with Gasteiger partial charge >= 0.3 is 0 Å². The highest BCUT2D eigenvalue weighted by molar-refractivity contribution is 7.14. The molecule has 0 fully saturated rings. The largest absolute Gasteiger partial charge is 0.341 e. The first-order valence-corrected chi connectivity index (χ1v) is 10.2.